The number of nitrogens with zero attached hydrogens (tertiary/aromatic N) is 4. The normalized spacial score (nSPS) is 11.7. The van der Waals surface area contributed by atoms with Crippen molar-refractivity contribution in [2.45, 2.75) is 12.7 Å². The molecule has 2 aromatic rings. The van der Waals surface area contributed by atoms with Gasteiger partial charge in [-0.3, -0.25) is 9.48 Å². The lowest BCUT2D eigenvalue weighted by Crippen LogP contribution is -2.30. The molecule has 0 saturated carbocycles. The van der Waals surface area contributed by atoms with Gasteiger partial charge in [-0.2, -0.15) is 23.4 Å². The highest BCUT2D eigenvalue weighted by Gasteiger charge is 2.29. The summed E-state index contributed by atoms with van der Waals surface area (Å²) >= 11 is 5.75. The van der Waals surface area contributed by atoms with E-state index in [4.69, 9.17) is 11.6 Å². The smallest absolute Gasteiger partial charge is 0.336 e. The van der Waals surface area contributed by atoms with Crippen LogP contribution in [0.5, 0.6) is 0 Å². The first-order valence-corrected chi connectivity index (χ1v) is 5.73. The molecule has 0 amide bonds. The van der Waals surface area contributed by atoms with Gasteiger partial charge in [0.1, 0.15) is 11.6 Å². The molecular weight excluding hydrogens is 299 g/mol. The van der Waals surface area contributed by atoms with Crippen LogP contribution in [0.2, 0.25) is 5.02 Å². The standard InChI is InChI=1S/C10H9ClF3N5O/c1-18-3-2-7(17-18)16-6-4-15-19(5-10(12,13)14)9(20)8(6)11/h2-4H,5H2,1H3,(H,16,17). The molecule has 0 aliphatic heterocycles. The van der Waals surface area contributed by atoms with Crippen molar-refractivity contribution in [3.8, 4) is 0 Å². The third kappa shape index (κ3) is 3.29. The van der Waals surface area contributed by atoms with Crippen LogP contribution in [0.1, 0.15) is 0 Å². The van der Waals surface area contributed by atoms with Crippen LogP contribution in [0.15, 0.2) is 23.3 Å². The zero-order valence-electron chi connectivity index (χ0n) is 10.1. The highest BCUT2D eigenvalue weighted by atomic mass is 35.5. The van der Waals surface area contributed by atoms with E-state index in [1.165, 1.54) is 4.68 Å². The molecule has 20 heavy (non-hydrogen) atoms. The number of rotatable bonds is 3. The molecular formula is C10H9ClF3N5O. The molecule has 0 atom stereocenters. The third-order valence-corrected chi connectivity index (χ3v) is 2.66. The molecule has 0 aliphatic rings. The lowest BCUT2D eigenvalue weighted by atomic mass is 10.4. The predicted octanol–water partition coefficient (Wildman–Crippen LogP) is 1.94. The van der Waals surface area contributed by atoms with Crippen molar-refractivity contribution in [1.29, 1.82) is 0 Å². The quantitative estimate of drug-likeness (QED) is 0.941. The first-order chi connectivity index (χ1) is 9.26. The van der Waals surface area contributed by atoms with E-state index in [9.17, 15) is 18.0 Å². The minimum Gasteiger partial charge on any atom is -0.336 e. The second-order valence-electron chi connectivity index (χ2n) is 3.95. The Morgan fingerprint density at radius 2 is 2.15 bits per heavy atom. The maximum Gasteiger partial charge on any atom is 0.408 e. The summed E-state index contributed by atoms with van der Waals surface area (Å²) in [6, 6.07) is 1.61. The van der Waals surface area contributed by atoms with Crippen LogP contribution in [-0.2, 0) is 13.6 Å². The van der Waals surface area contributed by atoms with Gasteiger partial charge in [0.05, 0.1) is 11.9 Å². The summed E-state index contributed by atoms with van der Waals surface area (Å²) in [4.78, 5) is 11.7. The Kier molecular flexibility index (Phi) is 3.71. The predicted molar refractivity (Wildman–Crippen MR) is 66.1 cm³/mol. The van der Waals surface area contributed by atoms with Gasteiger partial charge < -0.3 is 5.32 Å². The van der Waals surface area contributed by atoms with Gasteiger partial charge >= 0.3 is 6.18 Å². The van der Waals surface area contributed by atoms with Crippen molar-refractivity contribution in [1.82, 2.24) is 19.6 Å². The summed E-state index contributed by atoms with van der Waals surface area (Å²) in [5, 5.41) is 9.74. The average Bonchev–Trinajstić information content (AvgIpc) is 2.73. The van der Waals surface area contributed by atoms with Crippen molar-refractivity contribution < 1.29 is 13.2 Å². The van der Waals surface area contributed by atoms with Gasteiger partial charge in [-0.15, -0.1) is 0 Å². The fourth-order valence-corrected chi connectivity index (χ4v) is 1.65. The number of hydrogen-bond donors (Lipinski definition) is 1. The van der Waals surface area contributed by atoms with E-state index >= 15 is 0 Å². The molecule has 0 spiro atoms. The number of alkyl halides is 3. The first-order valence-electron chi connectivity index (χ1n) is 5.35. The van der Waals surface area contributed by atoms with Gasteiger partial charge in [0.2, 0.25) is 0 Å². The van der Waals surface area contributed by atoms with Crippen LogP contribution in [-0.4, -0.2) is 25.7 Å². The third-order valence-electron chi connectivity index (χ3n) is 2.29. The van der Waals surface area contributed by atoms with Gasteiger partial charge in [0.15, 0.2) is 5.82 Å². The van der Waals surface area contributed by atoms with Crippen LogP contribution < -0.4 is 10.9 Å². The Hall–Kier alpha value is -2.03. The number of anilines is 2. The second-order valence-corrected chi connectivity index (χ2v) is 4.33. The maximum absolute atomic E-state index is 12.2. The zero-order valence-corrected chi connectivity index (χ0v) is 10.9. The number of nitrogens with one attached hydrogen (secondary N) is 1. The van der Waals surface area contributed by atoms with Gasteiger partial charge in [-0.25, -0.2) is 4.68 Å². The first kappa shape index (κ1) is 14.4. The minimum absolute atomic E-state index is 0.0915. The molecule has 0 fully saturated rings. The minimum atomic E-state index is -4.55. The molecule has 0 aliphatic carbocycles. The highest BCUT2D eigenvalue weighted by Crippen LogP contribution is 2.21. The Balaban J connectivity index is 2.29. The summed E-state index contributed by atoms with van der Waals surface area (Å²) in [5.74, 6) is 0.393. The Morgan fingerprint density at radius 1 is 1.45 bits per heavy atom. The van der Waals surface area contributed by atoms with Crippen LogP contribution in [0.3, 0.4) is 0 Å². The van der Waals surface area contributed by atoms with E-state index in [2.05, 4.69) is 15.5 Å². The second kappa shape index (κ2) is 5.16. The van der Waals surface area contributed by atoms with Crippen molar-refractivity contribution in [3.63, 3.8) is 0 Å². The van der Waals surface area contributed by atoms with Crippen LogP contribution in [0.4, 0.5) is 24.7 Å². The molecule has 2 rings (SSSR count). The molecule has 2 heterocycles. The Morgan fingerprint density at radius 3 is 2.70 bits per heavy atom. The Labute approximate surface area is 115 Å². The van der Waals surface area contributed by atoms with Crippen molar-refractivity contribution in [2.75, 3.05) is 5.32 Å². The van der Waals surface area contributed by atoms with E-state index in [0.717, 1.165) is 6.20 Å². The van der Waals surface area contributed by atoms with Gasteiger partial charge in [0.25, 0.3) is 5.56 Å². The Bertz CT molecular complexity index is 678. The SMILES string of the molecule is Cn1ccc(Nc2cnn(CC(F)(F)F)c(=O)c2Cl)n1. The van der Waals surface area contributed by atoms with E-state index in [0.29, 0.717) is 5.82 Å². The number of hydrogen-bond acceptors (Lipinski definition) is 4. The molecule has 108 valence electrons. The molecule has 0 aromatic carbocycles. The largest absolute Gasteiger partial charge is 0.408 e. The summed E-state index contributed by atoms with van der Waals surface area (Å²) in [5.41, 5.74) is -0.932. The summed E-state index contributed by atoms with van der Waals surface area (Å²) in [7, 11) is 1.69. The number of aromatic nitrogens is 4. The summed E-state index contributed by atoms with van der Waals surface area (Å²) in [6.07, 6.45) is -1.85. The maximum atomic E-state index is 12.2. The van der Waals surface area contributed by atoms with E-state index in [-0.39, 0.29) is 15.4 Å². The van der Waals surface area contributed by atoms with E-state index < -0.39 is 18.3 Å². The number of aryl methyl sites for hydroxylation is 1. The summed E-state index contributed by atoms with van der Waals surface area (Å²) in [6.45, 7) is -1.49. The fraction of sp³-hybridized carbons (Fsp3) is 0.300. The van der Waals surface area contributed by atoms with E-state index in [1.54, 1.807) is 19.3 Å². The highest BCUT2D eigenvalue weighted by molar-refractivity contribution is 6.33. The lowest BCUT2D eigenvalue weighted by molar-refractivity contribution is -0.143. The molecule has 0 unspecified atom stereocenters. The molecule has 1 N–H and O–H groups in total. The molecule has 2 aromatic heterocycles. The van der Waals surface area contributed by atoms with Gasteiger partial charge in [-0.05, 0) is 0 Å². The monoisotopic (exact) mass is 307 g/mol. The summed E-state index contributed by atoms with van der Waals surface area (Å²) < 4.78 is 38.5. The molecule has 6 nitrogen and oxygen atoms in total. The van der Waals surface area contributed by atoms with E-state index in [1.807, 2.05) is 0 Å². The van der Waals surface area contributed by atoms with Crippen LogP contribution in [0, 0.1) is 0 Å². The van der Waals surface area contributed by atoms with Crippen molar-refractivity contribution >= 4 is 23.1 Å². The van der Waals surface area contributed by atoms with Crippen molar-refractivity contribution in [3.05, 3.63) is 33.8 Å². The molecule has 10 heteroatoms. The van der Waals surface area contributed by atoms with Crippen molar-refractivity contribution in [2.24, 2.45) is 7.05 Å². The van der Waals surface area contributed by atoms with Gasteiger partial charge in [-0.1, -0.05) is 11.6 Å². The van der Waals surface area contributed by atoms with Gasteiger partial charge in [0, 0.05) is 19.3 Å². The topological polar surface area (TPSA) is 64.7 Å². The molecule has 0 bridgehead atoms. The lowest BCUT2D eigenvalue weighted by Gasteiger charge is -2.10. The fourth-order valence-electron chi connectivity index (χ4n) is 1.45. The molecule has 0 radical (unpaired) electrons. The molecule has 0 saturated heterocycles. The average molecular weight is 308 g/mol. The number of halogens is 4. The van der Waals surface area contributed by atoms with Crippen LogP contribution >= 0.6 is 11.6 Å². The zero-order chi connectivity index (χ0) is 14.9. The van der Waals surface area contributed by atoms with Crippen LogP contribution in [0.25, 0.3) is 0 Å².